The van der Waals surface area contributed by atoms with Crippen LogP contribution in [-0.2, 0) is 19.4 Å². The molecule has 2 aromatic rings. The molecular formula is C24H25F2N3O6S. The molecule has 1 aromatic heterocycles. The molecule has 0 spiro atoms. The number of fused-ring (bicyclic) bond motifs is 1. The average Bonchev–Trinajstić information content (AvgIpc) is 3.14. The number of carbonyl (C=O) groups excluding carboxylic acids is 2. The second-order valence-corrected chi connectivity index (χ2v) is 11.6. The summed E-state index contributed by atoms with van der Waals surface area (Å²) in [5, 5.41) is 0. The van der Waals surface area contributed by atoms with Gasteiger partial charge >= 0.3 is 6.29 Å². The molecule has 0 aliphatic carbocycles. The fraction of sp³-hybridized carbons (Fsp3) is 0.375. The van der Waals surface area contributed by atoms with Crippen LogP contribution < -0.4 is 9.47 Å². The van der Waals surface area contributed by atoms with Crippen molar-refractivity contribution in [2.24, 2.45) is 0 Å². The van der Waals surface area contributed by atoms with E-state index < -0.39 is 20.9 Å². The predicted octanol–water partition coefficient (Wildman–Crippen LogP) is 2.68. The van der Waals surface area contributed by atoms with Crippen molar-refractivity contribution < 1.29 is 36.3 Å². The van der Waals surface area contributed by atoms with Crippen LogP contribution in [0.3, 0.4) is 0 Å². The quantitative estimate of drug-likeness (QED) is 0.557. The zero-order chi connectivity index (χ0) is 26.3. The second kappa shape index (κ2) is 9.16. The van der Waals surface area contributed by atoms with Gasteiger partial charge in [0.25, 0.3) is 5.91 Å². The van der Waals surface area contributed by atoms with Crippen molar-refractivity contribution in [2.45, 2.75) is 24.9 Å². The van der Waals surface area contributed by atoms with E-state index in [0.717, 1.165) is 6.26 Å². The molecule has 4 rings (SSSR count). The molecule has 0 bridgehead atoms. The number of hydrogen-bond donors (Lipinski definition) is 0. The standard InChI is InChI=1S/C24H25F2N3O6S/c1-23(2,36(3,32)33)20-6-4-5-17(27-20)22(31)29-13-11-28(12-14-29)21(30)10-8-16-7-9-18-19(15-16)35-24(25,26)34-18/h4-10,15H,11-14H2,1-3H3/b10-8+. The van der Waals surface area contributed by atoms with Gasteiger partial charge in [-0.1, -0.05) is 12.1 Å². The number of nitrogens with zero attached hydrogens (tertiary/aromatic N) is 3. The van der Waals surface area contributed by atoms with Crippen molar-refractivity contribution >= 4 is 27.7 Å². The highest BCUT2D eigenvalue weighted by atomic mass is 32.2. The molecule has 1 fully saturated rings. The Morgan fingerprint density at radius 1 is 1.03 bits per heavy atom. The summed E-state index contributed by atoms with van der Waals surface area (Å²) in [4.78, 5) is 33.0. The van der Waals surface area contributed by atoms with Crippen molar-refractivity contribution in [1.82, 2.24) is 14.8 Å². The molecule has 0 saturated carbocycles. The molecule has 192 valence electrons. The molecule has 1 saturated heterocycles. The number of piperazine rings is 1. The molecule has 0 radical (unpaired) electrons. The molecule has 0 N–H and O–H groups in total. The minimum Gasteiger partial charge on any atom is -0.395 e. The third kappa shape index (κ3) is 5.18. The van der Waals surface area contributed by atoms with Crippen molar-refractivity contribution in [1.29, 1.82) is 0 Å². The summed E-state index contributed by atoms with van der Waals surface area (Å²) in [5.41, 5.74) is 0.902. The minimum absolute atomic E-state index is 0.0795. The zero-order valence-corrected chi connectivity index (χ0v) is 20.7. The van der Waals surface area contributed by atoms with Crippen LogP contribution in [0.25, 0.3) is 6.08 Å². The third-order valence-corrected chi connectivity index (χ3v) is 8.30. The van der Waals surface area contributed by atoms with Gasteiger partial charge in [0.05, 0.1) is 5.69 Å². The van der Waals surface area contributed by atoms with E-state index in [1.807, 2.05) is 0 Å². The number of carbonyl (C=O) groups is 2. The molecule has 36 heavy (non-hydrogen) atoms. The zero-order valence-electron chi connectivity index (χ0n) is 19.9. The Kier molecular flexibility index (Phi) is 6.50. The Bertz CT molecular complexity index is 1340. The van der Waals surface area contributed by atoms with Gasteiger partial charge in [-0.2, -0.15) is 0 Å². The first-order valence-corrected chi connectivity index (χ1v) is 13.0. The summed E-state index contributed by atoms with van der Waals surface area (Å²) < 4.78 is 58.1. The van der Waals surface area contributed by atoms with Crippen LogP contribution in [0.1, 0.15) is 35.6 Å². The van der Waals surface area contributed by atoms with E-state index >= 15 is 0 Å². The molecule has 12 heteroatoms. The number of aromatic nitrogens is 1. The number of rotatable bonds is 5. The van der Waals surface area contributed by atoms with Crippen LogP contribution in [0.4, 0.5) is 8.78 Å². The number of halogens is 2. The molecule has 9 nitrogen and oxygen atoms in total. The van der Waals surface area contributed by atoms with Crippen molar-refractivity contribution in [3.63, 3.8) is 0 Å². The maximum Gasteiger partial charge on any atom is 0.586 e. The largest absolute Gasteiger partial charge is 0.586 e. The van der Waals surface area contributed by atoms with E-state index in [0.29, 0.717) is 5.56 Å². The topological polar surface area (TPSA) is 106 Å². The Labute approximate surface area is 207 Å². The van der Waals surface area contributed by atoms with Crippen LogP contribution in [-0.4, -0.2) is 73.7 Å². The first kappa shape index (κ1) is 25.5. The lowest BCUT2D eigenvalue weighted by molar-refractivity contribution is -0.286. The molecule has 1 aromatic carbocycles. The van der Waals surface area contributed by atoms with Gasteiger partial charge in [0.2, 0.25) is 5.91 Å². The number of benzene rings is 1. The van der Waals surface area contributed by atoms with E-state index in [2.05, 4.69) is 14.5 Å². The monoisotopic (exact) mass is 521 g/mol. The lowest BCUT2D eigenvalue weighted by atomic mass is 10.1. The highest BCUT2D eigenvalue weighted by molar-refractivity contribution is 7.91. The normalized spacial score (nSPS) is 17.5. The van der Waals surface area contributed by atoms with E-state index in [4.69, 9.17) is 0 Å². The van der Waals surface area contributed by atoms with Gasteiger partial charge in [-0.15, -0.1) is 8.78 Å². The Morgan fingerprint density at radius 3 is 2.33 bits per heavy atom. The number of sulfone groups is 1. The van der Waals surface area contributed by atoms with Gasteiger partial charge in [-0.25, -0.2) is 13.4 Å². The highest BCUT2D eigenvalue weighted by Gasteiger charge is 2.43. The number of hydrogen-bond acceptors (Lipinski definition) is 7. The van der Waals surface area contributed by atoms with Gasteiger partial charge in [-0.3, -0.25) is 9.59 Å². The lowest BCUT2D eigenvalue weighted by Gasteiger charge is -2.34. The van der Waals surface area contributed by atoms with Crippen LogP contribution in [0.15, 0.2) is 42.5 Å². The average molecular weight is 522 g/mol. The smallest absolute Gasteiger partial charge is 0.395 e. The molecule has 2 aliphatic heterocycles. The van der Waals surface area contributed by atoms with Crippen LogP contribution >= 0.6 is 0 Å². The fourth-order valence-electron chi connectivity index (χ4n) is 3.71. The van der Waals surface area contributed by atoms with Gasteiger partial charge in [-0.05, 0) is 49.8 Å². The lowest BCUT2D eigenvalue weighted by Crippen LogP contribution is -2.50. The number of ether oxygens (including phenoxy) is 2. The first-order chi connectivity index (χ1) is 16.8. The second-order valence-electron chi connectivity index (χ2n) is 9.02. The van der Waals surface area contributed by atoms with E-state index in [1.165, 1.54) is 50.3 Å². The van der Waals surface area contributed by atoms with Crippen molar-refractivity contribution in [3.05, 3.63) is 59.4 Å². The summed E-state index contributed by atoms with van der Waals surface area (Å²) in [6, 6.07) is 8.92. The molecule has 2 amide bonds. The Morgan fingerprint density at radius 2 is 1.67 bits per heavy atom. The number of amides is 2. The molecule has 0 atom stereocenters. The summed E-state index contributed by atoms with van der Waals surface area (Å²) in [6.07, 6.45) is 0.224. The number of alkyl halides is 2. The van der Waals surface area contributed by atoms with E-state index in [9.17, 15) is 26.8 Å². The van der Waals surface area contributed by atoms with Crippen molar-refractivity contribution in [2.75, 3.05) is 32.4 Å². The van der Waals surface area contributed by atoms with Crippen LogP contribution in [0.2, 0.25) is 0 Å². The SMILES string of the molecule is CC(C)(c1cccc(C(=O)N2CCN(C(=O)/C=C/c3ccc4c(c3)OC(F)(F)O4)CC2)n1)S(C)(=O)=O. The summed E-state index contributed by atoms with van der Waals surface area (Å²) in [6.45, 7) is 4.21. The Balaban J connectivity index is 1.36. The molecular weight excluding hydrogens is 496 g/mol. The summed E-state index contributed by atoms with van der Waals surface area (Å²) in [7, 11) is -3.46. The van der Waals surface area contributed by atoms with Gasteiger partial charge in [0, 0.05) is 38.5 Å². The maximum absolute atomic E-state index is 13.2. The van der Waals surface area contributed by atoms with E-state index in [1.54, 1.807) is 21.9 Å². The fourth-order valence-corrected chi connectivity index (χ4v) is 4.21. The third-order valence-electron chi connectivity index (χ3n) is 6.23. The predicted molar refractivity (Wildman–Crippen MR) is 126 cm³/mol. The Hall–Kier alpha value is -3.54. The van der Waals surface area contributed by atoms with Gasteiger partial charge in [0.1, 0.15) is 10.4 Å². The number of pyridine rings is 1. The van der Waals surface area contributed by atoms with Crippen LogP contribution in [0, 0.1) is 0 Å². The molecule has 3 heterocycles. The van der Waals surface area contributed by atoms with Gasteiger partial charge < -0.3 is 19.3 Å². The molecule has 2 aliphatic rings. The minimum atomic E-state index is -3.71. The summed E-state index contributed by atoms with van der Waals surface area (Å²) in [5.74, 6) is -0.829. The molecule has 0 unspecified atom stereocenters. The maximum atomic E-state index is 13.2. The van der Waals surface area contributed by atoms with E-state index in [-0.39, 0.29) is 60.9 Å². The van der Waals surface area contributed by atoms with Crippen molar-refractivity contribution in [3.8, 4) is 11.5 Å². The highest BCUT2D eigenvalue weighted by Crippen LogP contribution is 2.41. The summed E-state index contributed by atoms with van der Waals surface area (Å²) >= 11 is 0. The first-order valence-electron chi connectivity index (χ1n) is 11.1. The van der Waals surface area contributed by atoms with Gasteiger partial charge in [0.15, 0.2) is 21.3 Å². The van der Waals surface area contributed by atoms with Crippen LogP contribution in [0.5, 0.6) is 11.5 Å².